The quantitative estimate of drug-likeness (QED) is 0.822. The van der Waals surface area contributed by atoms with Crippen LogP contribution in [0.4, 0.5) is 5.82 Å². The van der Waals surface area contributed by atoms with Crippen LogP contribution in [-0.4, -0.2) is 17.3 Å². The summed E-state index contributed by atoms with van der Waals surface area (Å²) in [6, 6.07) is 2.19. The van der Waals surface area contributed by atoms with E-state index in [1.807, 2.05) is 0 Å². The largest absolute Gasteiger partial charge is 0.495 e. The minimum Gasteiger partial charge on any atom is -0.495 e. The number of nitrogens with one attached hydrogen (secondary N) is 1. The first-order chi connectivity index (χ1) is 9.72. The number of aryl methyl sites for hydroxylation is 1. The van der Waals surface area contributed by atoms with Crippen LogP contribution in [0, 0.1) is 0 Å². The second-order valence-electron chi connectivity index (χ2n) is 5.16. The molecule has 1 heterocycles. The van der Waals surface area contributed by atoms with Crippen LogP contribution in [0.2, 0.25) is 0 Å². The molecule has 20 heavy (non-hydrogen) atoms. The van der Waals surface area contributed by atoms with Crippen molar-refractivity contribution >= 4 is 21.7 Å². The molecule has 0 bridgehead atoms. The number of aromatic nitrogens is 2. The van der Waals surface area contributed by atoms with Crippen molar-refractivity contribution in [1.82, 2.24) is 10.2 Å². The Morgan fingerprint density at radius 3 is 2.80 bits per heavy atom. The van der Waals surface area contributed by atoms with Crippen LogP contribution in [0.15, 0.2) is 16.7 Å². The molecule has 1 aromatic carbocycles. The summed E-state index contributed by atoms with van der Waals surface area (Å²) in [4.78, 5) is 0. The lowest BCUT2D eigenvalue weighted by atomic mass is 9.92. The summed E-state index contributed by atoms with van der Waals surface area (Å²) in [5.74, 6) is 1.44. The van der Waals surface area contributed by atoms with Crippen molar-refractivity contribution in [2.45, 2.75) is 32.1 Å². The van der Waals surface area contributed by atoms with Crippen molar-refractivity contribution < 1.29 is 4.74 Å². The molecule has 2 aromatic rings. The molecule has 1 aliphatic rings. The van der Waals surface area contributed by atoms with E-state index in [9.17, 15) is 0 Å². The highest BCUT2D eigenvalue weighted by molar-refractivity contribution is 9.10. The summed E-state index contributed by atoms with van der Waals surface area (Å²) >= 11 is 3.63. The molecule has 0 spiro atoms. The van der Waals surface area contributed by atoms with Gasteiger partial charge in [0.15, 0.2) is 0 Å². The van der Waals surface area contributed by atoms with Gasteiger partial charge in [-0.25, -0.2) is 0 Å². The predicted octanol–water partition coefficient (Wildman–Crippen LogP) is 3.70. The molecule has 3 rings (SSSR count). The summed E-state index contributed by atoms with van der Waals surface area (Å²) in [6.07, 6.45) is 7.69. The lowest BCUT2D eigenvalue weighted by molar-refractivity contribution is 0.413. The first kappa shape index (κ1) is 13.5. The van der Waals surface area contributed by atoms with E-state index in [1.54, 1.807) is 13.3 Å². The molecule has 106 valence electrons. The van der Waals surface area contributed by atoms with E-state index in [0.29, 0.717) is 5.82 Å². The monoisotopic (exact) mass is 335 g/mol. The number of nitrogens with two attached hydrogens (primary N) is 1. The van der Waals surface area contributed by atoms with Gasteiger partial charge in [-0.2, -0.15) is 5.10 Å². The minimum atomic E-state index is 0.591. The van der Waals surface area contributed by atoms with Crippen molar-refractivity contribution in [2.24, 2.45) is 0 Å². The Morgan fingerprint density at radius 2 is 2.10 bits per heavy atom. The van der Waals surface area contributed by atoms with Crippen LogP contribution < -0.4 is 10.5 Å². The summed E-state index contributed by atoms with van der Waals surface area (Å²) in [6.45, 7) is 0. The van der Waals surface area contributed by atoms with Crippen LogP contribution in [-0.2, 0) is 12.8 Å². The number of H-pyrrole nitrogens is 1. The van der Waals surface area contributed by atoms with Crippen molar-refractivity contribution in [3.63, 3.8) is 0 Å². The number of rotatable bonds is 2. The Kier molecular flexibility index (Phi) is 3.70. The number of halogens is 1. The third-order valence-corrected chi connectivity index (χ3v) is 4.54. The zero-order chi connectivity index (χ0) is 14.1. The average molecular weight is 336 g/mol. The Labute approximate surface area is 126 Å². The fourth-order valence-electron chi connectivity index (χ4n) is 3.01. The smallest absolute Gasteiger partial charge is 0.141 e. The molecule has 5 heteroatoms. The van der Waals surface area contributed by atoms with Gasteiger partial charge in [0, 0.05) is 11.1 Å². The molecule has 0 fully saturated rings. The van der Waals surface area contributed by atoms with E-state index < -0.39 is 0 Å². The van der Waals surface area contributed by atoms with Gasteiger partial charge < -0.3 is 10.5 Å². The molecule has 0 amide bonds. The van der Waals surface area contributed by atoms with Gasteiger partial charge in [0.05, 0.1) is 17.8 Å². The van der Waals surface area contributed by atoms with Crippen LogP contribution >= 0.6 is 15.9 Å². The fourth-order valence-corrected chi connectivity index (χ4v) is 3.64. The van der Waals surface area contributed by atoms with E-state index in [4.69, 9.17) is 10.5 Å². The second kappa shape index (κ2) is 5.48. The van der Waals surface area contributed by atoms with Gasteiger partial charge >= 0.3 is 0 Å². The molecule has 1 aliphatic carbocycles. The molecule has 0 aliphatic heterocycles. The topological polar surface area (TPSA) is 63.9 Å². The first-order valence-corrected chi connectivity index (χ1v) is 7.69. The Hall–Kier alpha value is -1.49. The Bertz CT molecular complexity index is 636. The molecule has 3 N–H and O–H groups in total. The maximum Gasteiger partial charge on any atom is 0.141 e. The maximum absolute atomic E-state index is 6.03. The van der Waals surface area contributed by atoms with Gasteiger partial charge in [-0.05, 0) is 58.8 Å². The number of fused-ring (bicyclic) bond motifs is 1. The molecule has 0 unspecified atom stereocenters. The lowest BCUT2D eigenvalue weighted by Crippen LogP contribution is -2.01. The summed E-state index contributed by atoms with van der Waals surface area (Å²) in [7, 11) is 1.70. The number of hydrogen-bond donors (Lipinski definition) is 2. The molecule has 0 atom stereocenters. The van der Waals surface area contributed by atoms with Gasteiger partial charge in [0.2, 0.25) is 0 Å². The minimum absolute atomic E-state index is 0.591. The highest BCUT2D eigenvalue weighted by atomic mass is 79.9. The summed E-state index contributed by atoms with van der Waals surface area (Å²) in [5.41, 5.74) is 10.8. The van der Waals surface area contributed by atoms with Crippen LogP contribution in [0.1, 0.15) is 30.4 Å². The number of nitrogens with zero attached hydrogens (tertiary/aromatic N) is 1. The SMILES string of the molecule is COc1c(Br)cc2c(c1-c1cn[nH]c1N)CCCCC2. The molecule has 1 aromatic heterocycles. The number of methoxy groups -OCH3 is 1. The Morgan fingerprint density at radius 1 is 1.30 bits per heavy atom. The highest BCUT2D eigenvalue weighted by Gasteiger charge is 2.22. The molecular formula is C15H18BrN3O. The van der Waals surface area contributed by atoms with E-state index in [1.165, 1.54) is 30.4 Å². The predicted molar refractivity (Wildman–Crippen MR) is 83.9 cm³/mol. The van der Waals surface area contributed by atoms with Gasteiger partial charge in [0.25, 0.3) is 0 Å². The number of anilines is 1. The molecule has 4 nitrogen and oxygen atoms in total. The van der Waals surface area contributed by atoms with E-state index in [-0.39, 0.29) is 0 Å². The van der Waals surface area contributed by atoms with E-state index >= 15 is 0 Å². The van der Waals surface area contributed by atoms with E-state index in [0.717, 1.165) is 34.2 Å². The fraction of sp³-hybridized carbons (Fsp3) is 0.400. The third kappa shape index (κ3) is 2.20. The first-order valence-electron chi connectivity index (χ1n) is 6.89. The second-order valence-corrected chi connectivity index (χ2v) is 6.02. The van der Waals surface area contributed by atoms with Crippen molar-refractivity contribution in [3.05, 3.63) is 27.9 Å². The zero-order valence-corrected chi connectivity index (χ0v) is 13.1. The number of hydrogen-bond acceptors (Lipinski definition) is 3. The van der Waals surface area contributed by atoms with Crippen LogP contribution in [0.5, 0.6) is 5.75 Å². The summed E-state index contributed by atoms with van der Waals surface area (Å²) < 4.78 is 6.60. The van der Waals surface area contributed by atoms with Crippen LogP contribution in [0.25, 0.3) is 11.1 Å². The zero-order valence-electron chi connectivity index (χ0n) is 11.5. The van der Waals surface area contributed by atoms with Crippen molar-refractivity contribution in [2.75, 3.05) is 12.8 Å². The molecular weight excluding hydrogens is 318 g/mol. The Balaban J connectivity index is 2.29. The number of aromatic amines is 1. The standard InChI is InChI=1S/C15H18BrN3O/c1-20-14-12(16)7-9-5-3-2-4-6-10(9)13(14)11-8-18-19-15(11)17/h7-8H,2-6H2,1H3,(H3,17,18,19). The third-order valence-electron chi connectivity index (χ3n) is 3.95. The number of ether oxygens (including phenoxy) is 1. The van der Waals surface area contributed by atoms with Gasteiger partial charge in [0.1, 0.15) is 11.6 Å². The number of benzene rings is 1. The molecule has 0 saturated heterocycles. The van der Waals surface area contributed by atoms with Crippen molar-refractivity contribution in [1.29, 1.82) is 0 Å². The van der Waals surface area contributed by atoms with Gasteiger partial charge in [-0.3, -0.25) is 5.10 Å². The molecule has 0 saturated carbocycles. The summed E-state index contributed by atoms with van der Waals surface area (Å²) in [5, 5.41) is 6.87. The number of nitrogen functional groups attached to an aromatic ring is 1. The maximum atomic E-state index is 6.03. The van der Waals surface area contributed by atoms with Gasteiger partial charge in [-0.1, -0.05) is 6.42 Å². The average Bonchev–Trinajstić information content (AvgIpc) is 2.71. The van der Waals surface area contributed by atoms with Crippen molar-refractivity contribution in [3.8, 4) is 16.9 Å². The normalized spacial score (nSPS) is 14.7. The molecule has 0 radical (unpaired) electrons. The highest BCUT2D eigenvalue weighted by Crippen LogP contribution is 2.44. The van der Waals surface area contributed by atoms with Gasteiger partial charge in [-0.15, -0.1) is 0 Å². The lowest BCUT2D eigenvalue weighted by Gasteiger charge is -2.18. The van der Waals surface area contributed by atoms with E-state index in [2.05, 4.69) is 32.2 Å². The van der Waals surface area contributed by atoms with Crippen LogP contribution in [0.3, 0.4) is 0 Å².